The standard InChI is InChI=1S/C19H23N5O3/c1-14(15-3-4-16-17(11-15)27-13-26-16)22-18(25)12-23-7-9-24(10-8-23)19-20-5-2-6-21-19/h2-6,11,14H,7-10,12-13H2,1H3,(H,22,25)/p+1/t14-/m1/s1. The van der Waals surface area contributed by atoms with E-state index in [-0.39, 0.29) is 18.7 Å². The molecule has 2 aliphatic rings. The Morgan fingerprint density at radius 1 is 1.22 bits per heavy atom. The molecule has 0 aliphatic carbocycles. The van der Waals surface area contributed by atoms with Crippen molar-refractivity contribution in [2.75, 3.05) is 44.4 Å². The van der Waals surface area contributed by atoms with Crippen molar-refractivity contribution in [2.24, 2.45) is 0 Å². The lowest BCUT2D eigenvalue weighted by Gasteiger charge is -2.31. The maximum Gasteiger partial charge on any atom is 0.275 e. The molecule has 0 radical (unpaired) electrons. The van der Waals surface area contributed by atoms with Crippen molar-refractivity contribution in [2.45, 2.75) is 13.0 Å². The number of ether oxygens (including phenoxy) is 2. The molecule has 2 N–H and O–H groups in total. The van der Waals surface area contributed by atoms with Crippen LogP contribution in [0.2, 0.25) is 0 Å². The zero-order valence-electron chi connectivity index (χ0n) is 15.4. The minimum absolute atomic E-state index is 0.0552. The molecule has 0 spiro atoms. The van der Waals surface area contributed by atoms with Crippen LogP contribution in [0.25, 0.3) is 0 Å². The Balaban J connectivity index is 1.26. The molecule has 0 saturated carbocycles. The second-order valence-electron chi connectivity index (χ2n) is 6.86. The highest BCUT2D eigenvalue weighted by atomic mass is 16.7. The lowest BCUT2D eigenvalue weighted by atomic mass is 10.1. The Kier molecular flexibility index (Phi) is 5.06. The van der Waals surface area contributed by atoms with Crippen molar-refractivity contribution in [1.29, 1.82) is 0 Å². The van der Waals surface area contributed by atoms with Gasteiger partial charge in [-0.1, -0.05) is 6.07 Å². The van der Waals surface area contributed by atoms with E-state index in [0.29, 0.717) is 6.54 Å². The van der Waals surface area contributed by atoms with E-state index in [1.807, 2.05) is 31.2 Å². The first-order valence-electron chi connectivity index (χ1n) is 9.23. The van der Waals surface area contributed by atoms with Gasteiger partial charge in [-0.15, -0.1) is 0 Å². The van der Waals surface area contributed by atoms with Gasteiger partial charge in [0.05, 0.1) is 32.2 Å². The lowest BCUT2D eigenvalue weighted by molar-refractivity contribution is -0.892. The summed E-state index contributed by atoms with van der Waals surface area (Å²) in [7, 11) is 0. The number of piperazine rings is 1. The summed E-state index contributed by atoms with van der Waals surface area (Å²) in [6, 6.07) is 7.51. The van der Waals surface area contributed by atoms with Gasteiger partial charge in [0.2, 0.25) is 12.7 Å². The predicted octanol–water partition coefficient (Wildman–Crippen LogP) is -0.212. The van der Waals surface area contributed by atoms with E-state index < -0.39 is 0 Å². The topological polar surface area (TPSA) is 81.0 Å². The fourth-order valence-corrected chi connectivity index (χ4v) is 3.44. The quantitative estimate of drug-likeness (QED) is 0.758. The van der Waals surface area contributed by atoms with Gasteiger partial charge >= 0.3 is 0 Å². The summed E-state index contributed by atoms with van der Waals surface area (Å²) in [6.45, 7) is 6.19. The van der Waals surface area contributed by atoms with Crippen LogP contribution in [0.3, 0.4) is 0 Å². The zero-order chi connectivity index (χ0) is 18.6. The Hall–Kier alpha value is -2.87. The minimum atomic E-state index is -0.0783. The monoisotopic (exact) mass is 370 g/mol. The summed E-state index contributed by atoms with van der Waals surface area (Å²) in [4.78, 5) is 24.5. The third kappa shape index (κ3) is 4.11. The largest absolute Gasteiger partial charge is 0.454 e. The zero-order valence-corrected chi connectivity index (χ0v) is 15.4. The molecule has 8 heteroatoms. The van der Waals surface area contributed by atoms with Gasteiger partial charge in [-0.2, -0.15) is 0 Å². The molecule has 1 aromatic carbocycles. The van der Waals surface area contributed by atoms with Crippen LogP contribution >= 0.6 is 0 Å². The summed E-state index contributed by atoms with van der Waals surface area (Å²) < 4.78 is 10.7. The van der Waals surface area contributed by atoms with Crippen molar-refractivity contribution in [3.05, 3.63) is 42.2 Å². The van der Waals surface area contributed by atoms with Crippen molar-refractivity contribution in [1.82, 2.24) is 15.3 Å². The highest BCUT2D eigenvalue weighted by molar-refractivity contribution is 5.77. The highest BCUT2D eigenvalue weighted by Gasteiger charge is 2.24. The van der Waals surface area contributed by atoms with E-state index in [4.69, 9.17) is 9.47 Å². The number of benzene rings is 1. The molecule has 8 nitrogen and oxygen atoms in total. The molecule has 1 amide bonds. The van der Waals surface area contributed by atoms with Crippen LogP contribution in [0.15, 0.2) is 36.7 Å². The average Bonchev–Trinajstić information content (AvgIpc) is 3.17. The molecule has 0 unspecified atom stereocenters. The van der Waals surface area contributed by atoms with Crippen LogP contribution in [-0.4, -0.2) is 55.4 Å². The number of quaternary nitrogens is 1. The van der Waals surface area contributed by atoms with Gasteiger partial charge < -0.3 is 24.6 Å². The molecule has 1 fully saturated rings. The smallest absolute Gasteiger partial charge is 0.275 e. The van der Waals surface area contributed by atoms with E-state index in [1.54, 1.807) is 12.4 Å². The number of rotatable bonds is 5. The fraction of sp³-hybridized carbons (Fsp3) is 0.421. The summed E-state index contributed by atoms with van der Waals surface area (Å²) >= 11 is 0. The molecule has 3 heterocycles. The minimum Gasteiger partial charge on any atom is -0.454 e. The van der Waals surface area contributed by atoms with Gasteiger partial charge in [0.15, 0.2) is 18.0 Å². The third-order valence-electron chi connectivity index (χ3n) is 4.99. The van der Waals surface area contributed by atoms with Crippen LogP contribution in [0.5, 0.6) is 11.5 Å². The second kappa shape index (κ2) is 7.79. The van der Waals surface area contributed by atoms with Crippen LogP contribution in [0, 0.1) is 0 Å². The SMILES string of the molecule is C[C@@H](NC(=O)C[NH+]1CCN(c2ncccn2)CC1)c1ccc2c(c1)OCO2. The maximum atomic E-state index is 12.5. The third-order valence-corrected chi connectivity index (χ3v) is 4.99. The van der Waals surface area contributed by atoms with Crippen molar-refractivity contribution >= 4 is 11.9 Å². The number of nitrogens with zero attached hydrogens (tertiary/aromatic N) is 3. The van der Waals surface area contributed by atoms with Gasteiger partial charge in [-0.05, 0) is 30.7 Å². The number of carbonyl (C=O) groups excluding carboxylic acids is 1. The fourth-order valence-electron chi connectivity index (χ4n) is 3.44. The van der Waals surface area contributed by atoms with Crippen LogP contribution < -0.4 is 24.6 Å². The molecular formula is C19H24N5O3+. The first-order chi connectivity index (χ1) is 13.2. The van der Waals surface area contributed by atoms with Crippen LogP contribution in [-0.2, 0) is 4.79 Å². The normalized spacial score (nSPS) is 17.6. The van der Waals surface area contributed by atoms with Crippen molar-refractivity contribution < 1.29 is 19.2 Å². The summed E-state index contributed by atoms with van der Waals surface area (Å²) in [5.41, 5.74) is 1.01. The molecule has 4 rings (SSSR count). The van der Waals surface area contributed by atoms with Gasteiger partial charge in [0, 0.05) is 12.4 Å². The molecule has 1 atom stereocenters. The first-order valence-corrected chi connectivity index (χ1v) is 9.23. The maximum absolute atomic E-state index is 12.5. The van der Waals surface area contributed by atoms with E-state index in [0.717, 1.165) is 49.2 Å². The average molecular weight is 370 g/mol. The van der Waals surface area contributed by atoms with E-state index in [2.05, 4.69) is 20.2 Å². The Labute approximate surface area is 158 Å². The number of carbonyl (C=O) groups is 1. The molecule has 0 bridgehead atoms. The number of aromatic nitrogens is 2. The highest BCUT2D eigenvalue weighted by Crippen LogP contribution is 2.34. The molecule has 1 saturated heterocycles. The number of hydrogen-bond donors (Lipinski definition) is 2. The lowest BCUT2D eigenvalue weighted by Crippen LogP contribution is -3.16. The Bertz CT molecular complexity index is 793. The van der Waals surface area contributed by atoms with Gasteiger partial charge in [0.25, 0.3) is 5.91 Å². The molecular weight excluding hydrogens is 346 g/mol. The second-order valence-corrected chi connectivity index (χ2v) is 6.86. The number of anilines is 1. The molecule has 2 aromatic rings. The van der Waals surface area contributed by atoms with Gasteiger partial charge in [-0.3, -0.25) is 4.79 Å². The number of amides is 1. The molecule has 2 aliphatic heterocycles. The van der Waals surface area contributed by atoms with E-state index >= 15 is 0 Å². The van der Waals surface area contributed by atoms with Crippen molar-refractivity contribution in [3.8, 4) is 11.5 Å². The first kappa shape index (κ1) is 17.5. The molecule has 27 heavy (non-hydrogen) atoms. The van der Waals surface area contributed by atoms with Gasteiger partial charge in [0.1, 0.15) is 0 Å². The van der Waals surface area contributed by atoms with Gasteiger partial charge in [-0.25, -0.2) is 9.97 Å². The molecule has 142 valence electrons. The van der Waals surface area contributed by atoms with E-state index in [9.17, 15) is 4.79 Å². The number of nitrogens with one attached hydrogen (secondary N) is 2. The van der Waals surface area contributed by atoms with Crippen LogP contribution in [0.1, 0.15) is 18.5 Å². The number of hydrogen-bond acceptors (Lipinski definition) is 6. The Morgan fingerprint density at radius 3 is 2.74 bits per heavy atom. The van der Waals surface area contributed by atoms with Crippen LogP contribution in [0.4, 0.5) is 5.95 Å². The van der Waals surface area contributed by atoms with Crippen molar-refractivity contribution in [3.63, 3.8) is 0 Å². The summed E-state index contributed by atoms with van der Waals surface area (Å²) in [5.74, 6) is 2.30. The van der Waals surface area contributed by atoms with E-state index in [1.165, 1.54) is 4.90 Å². The Morgan fingerprint density at radius 2 is 1.96 bits per heavy atom. The number of fused-ring (bicyclic) bond motifs is 1. The predicted molar refractivity (Wildman–Crippen MR) is 98.9 cm³/mol. The summed E-state index contributed by atoms with van der Waals surface area (Å²) in [6.07, 6.45) is 3.51. The summed E-state index contributed by atoms with van der Waals surface area (Å²) in [5, 5.41) is 3.08. The molecule has 1 aromatic heterocycles.